The number of Topliss-reactive ketones (excluding diaryl/α,β-unsaturated/α-hetero) is 1. The van der Waals surface area contributed by atoms with Crippen LogP contribution in [0.4, 0.5) is 8.78 Å². The molecule has 0 bridgehead atoms. The lowest BCUT2D eigenvalue weighted by Gasteiger charge is -2.27. The molecule has 0 amide bonds. The van der Waals surface area contributed by atoms with Crippen LogP contribution in [0, 0.1) is 23.5 Å². The Kier molecular flexibility index (Phi) is 4.10. The molecule has 98 valence electrons. The normalized spacial score (nSPS) is 23.9. The minimum Gasteiger partial charge on any atom is -0.294 e. The number of rotatable bonds is 3. The fourth-order valence-electron chi connectivity index (χ4n) is 2.79. The zero-order valence-electron chi connectivity index (χ0n) is 10.6. The Labute approximate surface area is 106 Å². The second kappa shape index (κ2) is 5.59. The molecule has 1 aromatic rings. The van der Waals surface area contributed by atoms with E-state index in [1.54, 1.807) is 0 Å². The summed E-state index contributed by atoms with van der Waals surface area (Å²) >= 11 is 0. The van der Waals surface area contributed by atoms with E-state index in [1.807, 2.05) is 0 Å². The first kappa shape index (κ1) is 13.2. The zero-order chi connectivity index (χ0) is 13.1. The standard InChI is InChI=1S/C15H18F2O/c1-2-10-4-3-5-11(8-10)15(18)12-6-7-13(16)14(17)9-12/h6-7,9-11H,2-5,8H2,1H3. The largest absolute Gasteiger partial charge is 0.294 e. The maximum Gasteiger partial charge on any atom is 0.166 e. The first-order chi connectivity index (χ1) is 8.61. The average molecular weight is 252 g/mol. The minimum absolute atomic E-state index is 0.0199. The summed E-state index contributed by atoms with van der Waals surface area (Å²) < 4.78 is 26.0. The number of carbonyl (C=O) groups is 1. The van der Waals surface area contributed by atoms with Crippen molar-refractivity contribution in [1.82, 2.24) is 0 Å². The Bertz CT molecular complexity index is 442. The van der Waals surface area contributed by atoms with Gasteiger partial charge >= 0.3 is 0 Å². The molecule has 0 heterocycles. The lowest BCUT2D eigenvalue weighted by atomic mass is 9.77. The van der Waals surface area contributed by atoms with Gasteiger partial charge in [0.25, 0.3) is 0 Å². The van der Waals surface area contributed by atoms with Gasteiger partial charge in [-0.1, -0.05) is 26.2 Å². The molecule has 0 radical (unpaired) electrons. The molecule has 1 fully saturated rings. The van der Waals surface area contributed by atoms with Crippen LogP contribution >= 0.6 is 0 Å². The lowest BCUT2D eigenvalue weighted by Crippen LogP contribution is -2.23. The highest BCUT2D eigenvalue weighted by atomic mass is 19.2. The molecule has 3 heteroatoms. The number of hydrogen-bond acceptors (Lipinski definition) is 1. The maximum atomic E-state index is 13.1. The second-order valence-electron chi connectivity index (χ2n) is 5.13. The van der Waals surface area contributed by atoms with E-state index in [0.717, 1.165) is 37.8 Å². The molecule has 18 heavy (non-hydrogen) atoms. The number of benzene rings is 1. The van der Waals surface area contributed by atoms with E-state index in [2.05, 4.69) is 6.92 Å². The quantitative estimate of drug-likeness (QED) is 0.730. The van der Waals surface area contributed by atoms with Crippen LogP contribution in [0.2, 0.25) is 0 Å². The predicted molar refractivity (Wildman–Crippen MR) is 66.4 cm³/mol. The first-order valence-electron chi connectivity index (χ1n) is 6.61. The van der Waals surface area contributed by atoms with Gasteiger partial charge in [0.05, 0.1) is 0 Å². The zero-order valence-corrected chi connectivity index (χ0v) is 10.6. The molecule has 0 spiro atoms. The van der Waals surface area contributed by atoms with E-state index in [4.69, 9.17) is 0 Å². The third-order valence-electron chi connectivity index (χ3n) is 3.94. The summed E-state index contributed by atoms with van der Waals surface area (Å²) in [6, 6.07) is 3.44. The summed E-state index contributed by atoms with van der Waals surface area (Å²) in [5.74, 6) is -1.30. The molecule has 0 aliphatic heterocycles. The van der Waals surface area contributed by atoms with Crippen molar-refractivity contribution in [2.75, 3.05) is 0 Å². The van der Waals surface area contributed by atoms with Gasteiger partial charge in [-0.15, -0.1) is 0 Å². The lowest BCUT2D eigenvalue weighted by molar-refractivity contribution is 0.0861. The Balaban J connectivity index is 2.12. The van der Waals surface area contributed by atoms with Gasteiger partial charge in [-0.05, 0) is 37.0 Å². The highest BCUT2D eigenvalue weighted by molar-refractivity contribution is 5.97. The molecule has 1 aliphatic rings. The van der Waals surface area contributed by atoms with E-state index in [9.17, 15) is 13.6 Å². The van der Waals surface area contributed by atoms with Crippen LogP contribution in [-0.2, 0) is 0 Å². The fraction of sp³-hybridized carbons (Fsp3) is 0.533. The molecule has 1 nitrogen and oxygen atoms in total. The van der Waals surface area contributed by atoms with E-state index in [1.165, 1.54) is 12.5 Å². The molecule has 0 N–H and O–H groups in total. The summed E-state index contributed by atoms with van der Waals surface area (Å²) in [5.41, 5.74) is 0.302. The molecule has 0 aromatic heterocycles. The van der Waals surface area contributed by atoms with E-state index in [-0.39, 0.29) is 11.7 Å². The summed E-state index contributed by atoms with van der Waals surface area (Å²) in [5, 5.41) is 0. The third-order valence-corrected chi connectivity index (χ3v) is 3.94. The number of carbonyl (C=O) groups excluding carboxylic acids is 1. The van der Waals surface area contributed by atoms with Crippen LogP contribution in [0.5, 0.6) is 0 Å². The Morgan fingerprint density at radius 1 is 1.28 bits per heavy atom. The summed E-state index contributed by atoms with van der Waals surface area (Å²) in [6.45, 7) is 2.13. The van der Waals surface area contributed by atoms with Crippen LogP contribution in [0.3, 0.4) is 0 Å². The van der Waals surface area contributed by atoms with Crippen molar-refractivity contribution in [3.63, 3.8) is 0 Å². The summed E-state index contributed by atoms with van der Waals surface area (Å²) in [7, 11) is 0. The van der Waals surface area contributed by atoms with Crippen molar-refractivity contribution in [2.24, 2.45) is 11.8 Å². The summed E-state index contributed by atoms with van der Waals surface area (Å²) in [4.78, 5) is 12.2. The van der Waals surface area contributed by atoms with Crippen molar-refractivity contribution in [2.45, 2.75) is 39.0 Å². The number of ketones is 1. The van der Waals surface area contributed by atoms with Crippen LogP contribution < -0.4 is 0 Å². The van der Waals surface area contributed by atoms with Crippen molar-refractivity contribution >= 4 is 5.78 Å². The first-order valence-corrected chi connectivity index (χ1v) is 6.61. The van der Waals surface area contributed by atoms with E-state index >= 15 is 0 Å². The predicted octanol–water partition coefficient (Wildman–Crippen LogP) is 4.36. The van der Waals surface area contributed by atoms with Crippen molar-refractivity contribution in [3.05, 3.63) is 35.4 Å². The van der Waals surface area contributed by atoms with Gasteiger partial charge in [-0.3, -0.25) is 4.79 Å². The molecule has 1 aromatic carbocycles. The van der Waals surface area contributed by atoms with Crippen molar-refractivity contribution in [1.29, 1.82) is 0 Å². The van der Waals surface area contributed by atoms with Gasteiger partial charge in [0.15, 0.2) is 17.4 Å². The molecule has 0 saturated heterocycles. The maximum absolute atomic E-state index is 13.1. The fourth-order valence-corrected chi connectivity index (χ4v) is 2.79. The van der Waals surface area contributed by atoms with Gasteiger partial charge in [0.1, 0.15) is 0 Å². The van der Waals surface area contributed by atoms with Gasteiger partial charge in [0, 0.05) is 11.5 Å². The highest BCUT2D eigenvalue weighted by Crippen LogP contribution is 2.33. The van der Waals surface area contributed by atoms with Crippen molar-refractivity contribution < 1.29 is 13.6 Å². The molecule has 2 unspecified atom stereocenters. The smallest absolute Gasteiger partial charge is 0.166 e. The second-order valence-corrected chi connectivity index (χ2v) is 5.13. The topological polar surface area (TPSA) is 17.1 Å². The van der Waals surface area contributed by atoms with Crippen LogP contribution in [0.25, 0.3) is 0 Å². The van der Waals surface area contributed by atoms with Gasteiger partial charge in [-0.25, -0.2) is 8.78 Å². The Hall–Kier alpha value is -1.25. The van der Waals surface area contributed by atoms with Gasteiger partial charge in [-0.2, -0.15) is 0 Å². The number of halogens is 2. The Morgan fingerprint density at radius 3 is 2.72 bits per heavy atom. The number of hydrogen-bond donors (Lipinski definition) is 0. The van der Waals surface area contributed by atoms with E-state index in [0.29, 0.717) is 11.5 Å². The monoisotopic (exact) mass is 252 g/mol. The molecular weight excluding hydrogens is 234 g/mol. The van der Waals surface area contributed by atoms with Crippen LogP contribution in [0.1, 0.15) is 49.4 Å². The molecule has 2 atom stereocenters. The molecule has 2 rings (SSSR count). The molecular formula is C15H18F2O. The van der Waals surface area contributed by atoms with Crippen molar-refractivity contribution in [3.8, 4) is 0 Å². The third kappa shape index (κ3) is 2.77. The van der Waals surface area contributed by atoms with Crippen LogP contribution in [-0.4, -0.2) is 5.78 Å². The average Bonchev–Trinajstić information content (AvgIpc) is 2.41. The van der Waals surface area contributed by atoms with Gasteiger partial charge < -0.3 is 0 Å². The van der Waals surface area contributed by atoms with E-state index < -0.39 is 11.6 Å². The highest BCUT2D eigenvalue weighted by Gasteiger charge is 2.27. The molecule has 1 aliphatic carbocycles. The minimum atomic E-state index is -0.941. The SMILES string of the molecule is CCC1CCCC(C(=O)c2ccc(F)c(F)c2)C1. The van der Waals surface area contributed by atoms with Crippen LogP contribution in [0.15, 0.2) is 18.2 Å². The molecule has 1 saturated carbocycles. The Morgan fingerprint density at radius 2 is 2.06 bits per heavy atom. The summed E-state index contributed by atoms with van der Waals surface area (Å²) in [6.07, 6.45) is 5.07. The van der Waals surface area contributed by atoms with Gasteiger partial charge in [0.2, 0.25) is 0 Å².